The Morgan fingerprint density at radius 1 is 1.54 bits per heavy atom. The number of rotatable bonds is 1. The maximum absolute atomic E-state index is 11.2. The number of carbonyl (C=O) groups is 2. The van der Waals surface area contributed by atoms with E-state index < -0.39 is 12.1 Å². The van der Waals surface area contributed by atoms with Crippen molar-refractivity contribution in [2.45, 2.75) is 19.4 Å². The Kier molecular flexibility index (Phi) is 2.75. The van der Waals surface area contributed by atoms with E-state index in [0.29, 0.717) is 18.9 Å². The number of amides is 2. The van der Waals surface area contributed by atoms with Crippen LogP contribution in [0.1, 0.15) is 13.3 Å². The smallest absolute Gasteiger partial charge is 0.328 e. The highest BCUT2D eigenvalue weighted by molar-refractivity contribution is 5.83. The summed E-state index contributed by atoms with van der Waals surface area (Å²) < 4.78 is 4.57. The first-order chi connectivity index (χ1) is 6.06. The van der Waals surface area contributed by atoms with Gasteiger partial charge >= 0.3 is 12.0 Å². The van der Waals surface area contributed by atoms with Crippen LogP contribution < -0.4 is 5.73 Å². The second-order valence-corrected chi connectivity index (χ2v) is 3.37. The molecule has 2 N–H and O–H groups in total. The van der Waals surface area contributed by atoms with Crippen molar-refractivity contribution in [3.63, 3.8) is 0 Å². The summed E-state index contributed by atoms with van der Waals surface area (Å²) in [5.74, 6) is -0.0836. The first-order valence-electron chi connectivity index (χ1n) is 4.20. The van der Waals surface area contributed by atoms with E-state index in [-0.39, 0.29) is 5.97 Å². The number of esters is 1. The molecule has 1 fully saturated rings. The average Bonchev–Trinajstić information content (AvgIpc) is 2.46. The molecule has 0 aromatic rings. The number of hydrogen-bond acceptors (Lipinski definition) is 3. The number of primary amides is 1. The molecule has 5 heteroatoms. The Bertz CT molecular complexity index is 229. The SMILES string of the molecule is COC(=O)[C@@H]1C[C@H](C)CN1C(N)=O. The summed E-state index contributed by atoms with van der Waals surface area (Å²) in [4.78, 5) is 23.5. The molecule has 5 nitrogen and oxygen atoms in total. The molecule has 0 aromatic heterocycles. The first kappa shape index (κ1) is 9.83. The Hall–Kier alpha value is -1.26. The molecule has 0 aliphatic carbocycles. The Labute approximate surface area is 76.8 Å². The highest BCUT2D eigenvalue weighted by Crippen LogP contribution is 2.22. The van der Waals surface area contributed by atoms with Crippen LogP contribution in [0.25, 0.3) is 0 Å². The molecule has 1 saturated heterocycles. The van der Waals surface area contributed by atoms with Crippen LogP contribution in [0.3, 0.4) is 0 Å². The highest BCUT2D eigenvalue weighted by Gasteiger charge is 2.37. The predicted molar refractivity (Wildman–Crippen MR) is 45.9 cm³/mol. The molecule has 0 spiro atoms. The van der Waals surface area contributed by atoms with E-state index in [9.17, 15) is 9.59 Å². The molecular weight excluding hydrogens is 172 g/mol. The monoisotopic (exact) mass is 186 g/mol. The van der Waals surface area contributed by atoms with Crippen LogP contribution in [-0.2, 0) is 9.53 Å². The number of methoxy groups -OCH3 is 1. The van der Waals surface area contributed by atoms with E-state index in [0.717, 1.165) is 0 Å². The zero-order valence-corrected chi connectivity index (χ0v) is 7.82. The summed E-state index contributed by atoms with van der Waals surface area (Å²) in [6, 6.07) is -1.04. The Balaban J connectivity index is 2.71. The van der Waals surface area contributed by atoms with E-state index in [2.05, 4.69) is 4.74 Å². The summed E-state index contributed by atoms with van der Waals surface area (Å²) in [6.07, 6.45) is 0.635. The van der Waals surface area contributed by atoms with Crippen LogP contribution >= 0.6 is 0 Å². The lowest BCUT2D eigenvalue weighted by Gasteiger charge is -2.19. The van der Waals surface area contributed by atoms with Gasteiger partial charge in [0.25, 0.3) is 0 Å². The van der Waals surface area contributed by atoms with Crippen molar-refractivity contribution in [3.8, 4) is 0 Å². The molecule has 1 aliphatic heterocycles. The van der Waals surface area contributed by atoms with E-state index in [1.54, 1.807) is 0 Å². The summed E-state index contributed by atoms with van der Waals surface area (Å²) >= 11 is 0. The second kappa shape index (κ2) is 3.64. The normalized spacial score (nSPS) is 27.4. The molecule has 0 radical (unpaired) electrons. The largest absolute Gasteiger partial charge is 0.467 e. The minimum atomic E-state index is -0.556. The molecule has 0 bridgehead atoms. The molecule has 1 rings (SSSR count). The zero-order chi connectivity index (χ0) is 10.0. The van der Waals surface area contributed by atoms with Crippen molar-refractivity contribution in [3.05, 3.63) is 0 Å². The van der Waals surface area contributed by atoms with Crippen molar-refractivity contribution < 1.29 is 14.3 Å². The van der Waals surface area contributed by atoms with Crippen molar-refractivity contribution >= 4 is 12.0 Å². The number of nitrogens with zero attached hydrogens (tertiary/aromatic N) is 1. The van der Waals surface area contributed by atoms with E-state index in [1.165, 1.54) is 12.0 Å². The quantitative estimate of drug-likeness (QED) is 0.583. The Morgan fingerprint density at radius 2 is 2.15 bits per heavy atom. The van der Waals surface area contributed by atoms with E-state index in [4.69, 9.17) is 5.73 Å². The fourth-order valence-corrected chi connectivity index (χ4v) is 1.65. The van der Waals surface area contributed by atoms with Crippen LogP contribution in [0.15, 0.2) is 0 Å². The van der Waals surface area contributed by atoms with Gasteiger partial charge in [-0.1, -0.05) is 6.92 Å². The van der Waals surface area contributed by atoms with Crippen molar-refractivity contribution in [1.29, 1.82) is 0 Å². The predicted octanol–water partition coefficient (Wildman–Crippen LogP) is -0.0515. The van der Waals surface area contributed by atoms with Gasteiger partial charge < -0.3 is 15.4 Å². The van der Waals surface area contributed by atoms with Gasteiger partial charge in [-0.3, -0.25) is 0 Å². The topological polar surface area (TPSA) is 72.6 Å². The van der Waals surface area contributed by atoms with E-state index >= 15 is 0 Å². The van der Waals surface area contributed by atoms with Crippen LogP contribution in [0.4, 0.5) is 4.79 Å². The minimum absolute atomic E-state index is 0.302. The maximum Gasteiger partial charge on any atom is 0.328 e. The third-order valence-electron chi connectivity index (χ3n) is 2.27. The third kappa shape index (κ3) is 1.91. The molecule has 2 amide bonds. The van der Waals surface area contributed by atoms with Gasteiger partial charge in [-0.2, -0.15) is 0 Å². The van der Waals surface area contributed by atoms with Crippen LogP contribution in [-0.4, -0.2) is 36.6 Å². The van der Waals surface area contributed by atoms with Gasteiger partial charge in [0.1, 0.15) is 6.04 Å². The number of likely N-dealkylation sites (tertiary alicyclic amines) is 1. The van der Waals surface area contributed by atoms with Gasteiger partial charge in [-0.05, 0) is 12.3 Å². The van der Waals surface area contributed by atoms with Crippen molar-refractivity contribution in [2.75, 3.05) is 13.7 Å². The number of hydrogen-bond donors (Lipinski definition) is 1. The Morgan fingerprint density at radius 3 is 2.62 bits per heavy atom. The molecule has 1 heterocycles. The lowest BCUT2D eigenvalue weighted by molar-refractivity contribution is -0.144. The maximum atomic E-state index is 11.2. The van der Waals surface area contributed by atoms with Gasteiger partial charge in [0.05, 0.1) is 7.11 Å². The van der Waals surface area contributed by atoms with Gasteiger partial charge in [0.15, 0.2) is 0 Å². The lowest BCUT2D eigenvalue weighted by Crippen LogP contribution is -2.44. The van der Waals surface area contributed by atoms with Gasteiger partial charge in [-0.25, -0.2) is 9.59 Å². The first-order valence-corrected chi connectivity index (χ1v) is 4.20. The standard InChI is InChI=1S/C8H14N2O3/c1-5-3-6(7(11)13-2)10(4-5)8(9)12/h5-6H,3-4H2,1-2H3,(H2,9,12)/t5-,6-/m0/s1. The van der Waals surface area contributed by atoms with Crippen molar-refractivity contribution in [1.82, 2.24) is 4.90 Å². The fourth-order valence-electron chi connectivity index (χ4n) is 1.65. The second-order valence-electron chi connectivity index (χ2n) is 3.37. The summed E-state index contributed by atoms with van der Waals surface area (Å²) in [5, 5.41) is 0. The number of carbonyl (C=O) groups excluding carboxylic acids is 2. The van der Waals surface area contributed by atoms with Crippen LogP contribution in [0.2, 0.25) is 0 Å². The van der Waals surface area contributed by atoms with Gasteiger partial charge in [-0.15, -0.1) is 0 Å². The molecule has 74 valence electrons. The number of urea groups is 1. The molecular formula is C8H14N2O3. The average molecular weight is 186 g/mol. The summed E-state index contributed by atoms with van der Waals surface area (Å²) in [6.45, 7) is 2.51. The lowest BCUT2D eigenvalue weighted by atomic mass is 10.1. The van der Waals surface area contributed by atoms with E-state index in [1.807, 2.05) is 6.92 Å². The summed E-state index contributed by atoms with van der Waals surface area (Å²) in [5.41, 5.74) is 5.12. The zero-order valence-electron chi connectivity index (χ0n) is 7.82. The molecule has 0 unspecified atom stereocenters. The summed E-state index contributed by atoms with van der Waals surface area (Å²) in [7, 11) is 1.31. The van der Waals surface area contributed by atoms with Crippen LogP contribution in [0.5, 0.6) is 0 Å². The number of ether oxygens (including phenoxy) is 1. The highest BCUT2D eigenvalue weighted by atomic mass is 16.5. The molecule has 13 heavy (non-hydrogen) atoms. The fraction of sp³-hybridized carbons (Fsp3) is 0.750. The molecule has 0 aromatic carbocycles. The molecule has 2 atom stereocenters. The molecule has 1 aliphatic rings. The number of nitrogens with two attached hydrogens (primary N) is 1. The molecule has 0 saturated carbocycles. The van der Waals surface area contributed by atoms with Crippen LogP contribution in [0, 0.1) is 5.92 Å². The minimum Gasteiger partial charge on any atom is -0.467 e. The van der Waals surface area contributed by atoms with Crippen molar-refractivity contribution in [2.24, 2.45) is 11.7 Å². The van der Waals surface area contributed by atoms with Gasteiger partial charge in [0, 0.05) is 6.54 Å². The third-order valence-corrected chi connectivity index (χ3v) is 2.27. The van der Waals surface area contributed by atoms with Gasteiger partial charge in [0.2, 0.25) is 0 Å².